The fraction of sp³-hybridized carbons (Fsp3) is 0.0435. The monoisotopic (exact) mass is 375 g/mol. The molecule has 5 heteroatoms. The lowest BCUT2D eigenvalue weighted by Crippen LogP contribution is -2.11. The molecule has 1 N–H and O–H groups in total. The fourth-order valence-corrected chi connectivity index (χ4v) is 2.42. The van der Waals surface area contributed by atoms with Gasteiger partial charge in [-0.05, 0) is 53.6 Å². The topological polar surface area (TPSA) is 55.4 Å². The highest BCUT2D eigenvalue weighted by atomic mass is 19.1. The van der Waals surface area contributed by atoms with Crippen LogP contribution in [0, 0.1) is 5.82 Å². The summed E-state index contributed by atoms with van der Waals surface area (Å²) in [4.78, 5) is 24.0. The zero-order chi connectivity index (χ0) is 19.8. The van der Waals surface area contributed by atoms with E-state index in [0.29, 0.717) is 11.1 Å². The molecule has 140 valence electrons. The molecule has 4 nitrogen and oxygen atoms in total. The number of amides is 1. The normalized spacial score (nSPS) is 10.6. The molecule has 0 unspecified atom stereocenters. The van der Waals surface area contributed by atoms with Gasteiger partial charge >= 0.3 is 5.97 Å². The smallest absolute Gasteiger partial charge is 0.331 e. The lowest BCUT2D eigenvalue weighted by Gasteiger charge is -2.06. The third-order valence-corrected chi connectivity index (χ3v) is 3.91. The van der Waals surface area contributed by atoms with Gasteiger partial charge in [0.05, 0.1) is 0 Å². The molecule has 3 rings (SSSR count). The van der Waals surface area contributed by atoms with Crippen molar-refractivity contribution < 1.29 is 18.7 Å². The molecule has 0 aliphatic rings. The van der Waals surface area contributed by atoms with E-state index < -0.39 is 5.97 Å². The van der Waals surface area contributed by atoms with Crippen LogP contribution in [0.25, 0.3) is 6.08 Å². The van der Waals surface area contributed by atoms with E-state index in [2.05, 4.69) is 5.32 Å². The minimum absolute atomic E-state index is 0.0905. The first-order valence-electron chi connectivity index (χ1n) is 8.66. The maximum absolute atomic E-state index is 12.8. The molecule has 0 aliphatic carbocycles. The molecule has 3 aromatic carbocycles. The summed E-state index contributed by atoms with van der Waals surface area (Å²) in [5, 5.41) is 2.81. The van der Waals surface area contributed by atoms with Crippen molar-refractivity contribution in [1.82, 2.24) is 0 Å². The van der Waals surface area contributed by atoms with Crippen LogP contribution >= 0.6 is 0 Å². The summed E-state index contributed by atoms with van der Waals surface area (Å²) in [6, 6.07) is 21.8. The van der Waals surface area contributed by atoms with E-state index in [9.17, 15) is 14.0 Å². The van der Waals surface area contributed by atoms with Gasteiger partial charge < -0.3 is 10.1 Å². The molecule has 0 aliphatic heterocycles. The molecule has 0 radical (unpaired) electrons. The molecule has 0 saturated carbocycles. The first kappa shape index (κ1) is 19.0. The Morgan fingerprint density at radius 2 is 1.57 bits per heavy atom. The quantitative estimate of drug-likeness (QED) is 0.496. The zero-order valence-electron chi connectivity index (χ0n) is 15.0. The second-order valence-electron chi connectivity index (χ2n) is 6.01. The first-order valence-corrected chi connectivity index (χ1v) is 8.66. The second kappa shape index (κ2) is 9.28. The van der Waals surface area contributed by atoms with Gasteiger partial charge in [-0.25, -0.2) is 9.18 Å². The van der Waals surface area contributed by atoms with E-state index in [1.165, 1.54) is 18.2 Å². The van der Waals surface area contributed by atoms with Crippen molar-refractivity contribution in [2.75, 3.05) is 5.32 Å². The summed E-state index contributed by atoms with van der Waals surface area (Å²) in [6.45, 7) is 0.0905. The molecular weight excluding hydrogens is 357 g/mol. The van der Waals surface area contributed by atoms with E-state index in [0.717, 1.165) is 11.3 Å². The summed E-state index contributed by atoms with van der Waals surface area (Å²) in [6.07, 6.45) is 2.84. The number of carbonyl (C=O) groups is 2. The molecule has 0 fully saturated rings. The van der Waals surface area contributed by atoms with Crippen molar-refractivity contribution in [3.63, 3.8) is 0 Å². The average Bonchev–Trinajstić information content (AvgIpc) is 2.73. The molecule has 0 aromatic heterocycles. The highest BCUT2D eigenvalue weighted by Crippen LogP contribution is 2.11. The molecule has 0 spiro atoms. The molecule has 1 amide bonds. The number of esters is 1. The number of carbonyl (C=O) groups excluding carboxylic acids is 2. The zero-order valence-corrected chi connectivity index (χ0v) is 15.0. The predicted molar refractivity (Wildman–Crippen MR) is 106 cm³/mol. The molecule has 28 heavy (non-hydrogen) atoms. The lowest BCUT2D eigenvalue weighted by molar-refractivity contribution is -0.138. The summed E-state index contributed by atoms with van der Waals surface area (Å²) in [7, 11) is 0. The minimum atomic E-state index is -0.504. The fourth-order valence-electron chi connectivity index (χ4n) is 2.42. The van der Waals surface area contributed by atoms with Crippen molar-refractivity contribution in [1.29, 1.82) is 0 Å². The number of para-hydroxylation sites is 1. The third kappa shape index (κ3) is 5.64. The van der Waals surface area contributed by atoms with Crippen molar-refractivity contribution in [2.45, 2.75) is 6.61 Å². The van der Waals surface area contributed by atoms with E-state index in [4.69, 9.17) is 4.74 Å². The lowest BCUT2D eigenvalue weighted by atomic mass is 10.1. The molecule has 0 saturated heterocycles. The maximum Gasteiger partial charge on any atom is 0.331 e. The van der Waals surface area contributed by atoms with E-state index in [-0.39, 0.29) is 18.3 Å². The van der Waals surface area contributed by atoms with Crippen LogP contribution in [0.5, 0.6) is 0 Å². The third-order valence-electron chi connectivity index (χ3n) is 3.91. The van der Waals surface area contributed by atoms with Crippen molar-refractivity contribution in [2.24, 2.45) is 0 Å². The largest absolute Gasteiger partial charge is 0.458 e. The summed E-state index contributed by atoms with van der Waals surface area (Å²) >= 11 is 0. The van der Waals surface area contributed by atoms with Gasteiger partial charge in [0.2, 0.25) is 0 Å². The van der Waals surface area contributed by atoms with Gasteiger partial charge in [-0.15, -0.1) is 0 Å². The van der Waals surface area contributed by atoms with Crippen LogP contribution in [0.2, 0.25) is 0 Å². The Morgan fingerprint density at radius 3 is 2.25 bits per heavy atom. The Morgan fingerprint density at radius 1 is 0.893 bits per heavy atom. The standard InChI is InChI=1S/C23H18FNO3/c24-20-13-8-17(9-14-20)10-15-22(26)28-16-18-6-11-19(12-7-18)23(27)25-21-4-2-1-3-5-21/h1-15H,16H2,(H,25,27)/b15-10+. The van der Waals surface area contributed by atoms with Gasteiger partial charge in [0.1, 0.15) is 12.4 Å². The molecule has 0 heterocycles. The van der Waals surface area contributed by atoms with Gasteiger partial charge in [0, 0.05) is 17.3 Å². The average molecular weight is 375 g/mol. The number of benzene rings is 3. The van der Waals surface area contributed by atoms with E-state index in [1.807, 2.05) is 30.3 Å². The Kier molecular flexibility index (Phi) is 6.31. The van der Waals surface area contributed by atoms with Crippen LogP contribution in [0.4, 0.5) is 10.1 Å². The van der Waals surface area contributed by atoms with Crippen LogP contribution in [-0.2, 0) is 16.1 Å². The highest BCUT2D eigenvalue weighted by molar-refractivity contribution is 6.04. The van der Waals surface area contributed by atoms with Gasteiger partial charge in [-0.1, -0.05) is 42.5 Å². The first-order chi connectivity index (χ1) is 13.6. The van der Waals surface area contributed by atoms with Crippen LogP contribution in [0.3, 0.4) is 0 Å². The number of nitrogens with one attached hydrogen (secondary N) is 1. The SMILES string of the molecule is O=C(/C=C/c1ccc(F)cc1)OCc1ccc(C(=O)Nc2ccccc2)cc1. The number of hydrogen-bond donors (Lipinski definition) is 1. The maximum atomic E-state index is 12.8. The second-order valence-corrected chi connectivity index (χ2v) is 6.01. The van der Waals surface area contributed by atoms with E-state index in [1.54, 1.807) is 42.5 Å². The van der Waals surface area contributed by atoms with Crippen LogP contribution in [0.1, 0.15) is 21.5 Å². The number of rotatable bonds is 6. The minimum Gasteiger partial charge on any atom is -0.458 e. The van der Waals surface area contributed by atoms with Crippen LogP contribution in [0.15, 0.2) is 84.9 Å². The summed E-state index contributed by atoms with van der Waals surface area (Å²) in [5.41, 5.74) is 2.69. The summed E-state index contributed by atoms with van der Waals surface area (Å²) in [5.74, 6) is -1.05. The number of halogens is 1. The number of ether oxygens (including phenoxy) is 1. The van der Waals surface area contributed by atoms with Crippen LogP contribution < -0.4 is 5.32 Å². The Labute approximate surface area is 162 Å². The van der Waals surface area contributed by atoms with Gasteiger partial charge in [-0.2, -0.15) is 0 Å². The Bertz CT molecular complexity index is 965. The molecular formula is C23H18FNO3. The van der Waals surface area contributed by atoms with Crippen molar-refractivity contribution in [3.8, 4) is 0 Å². The van der Waals surface area contributed by atoms with Crippen LogP contribution in [-0.4, -0.2) is 11.9 Å². The molecule has 0 bridgehead atoms. The number of hydrogen-bond acceptors (Lipinski definition) is 3. The van der Waals surface area contributed by atoms with Crippen molar-refractivity contribution in [3.05, 3.63) is 107 Å². The highest BCUT2D eigenvalue weighted by Gasteiger charge is 2.06. The van der Waals surface area contributed by atoms with Gasteiger partial charge in [0.25, 0.3) is 5.91 Å². The van der Waals surface area contributed by atoms with Crippen molar-refractivity contribution >= 4 is 23.6 Å². The van der Waals surface area contributed by atoms with E-state index >= 15 is 0 Å². The number of anilines is 1. The van der Waals surface area contributed by atoms with Gasteiger partial charge in [-0.3, -0.25) is 4.79 Å². The Hall–Kier alpha value is -3.73. The molecule has 0 atom stereocenters. The molecule has 3 aromatic rings. The van der Waals surface area contributed by atoms with Gasteiger partial charge in [0.15, 0.2) is 0 Å². The predicted octanol–water partition coefficient (Wildman–Crippen LogP) is 4.83. The Balaban J connectivity index is 1.50. The summed E-state index contributed by atoms with van der Waals surface area (Å²) < 4.78 is 18.0.